The lowest BCUT2D eigenvalue weighted by Gasteiger charge is -2.22. The van der Waals surface area contributed by atoms with Gasteiger partial charge in [-0.2, -0.15) is 0 Å². The predicted octanol–water partition coefficient (Wildman–Crippen LogP) is 24.1. The zero-order valence-corrected chi connectivity index (χ0v) is 55.0. The van der Waals surface area contributed by atoms with E-state index in [9.17, 15) is 19.8 Å². The van der Waals surface area contributed by atoms with Crippen molar-refractivity contribution in [2.24, 2.45) is 0 Å². The highest BCUT2D eigenvalue weighted by Crippen LogP contribution is 2.20. The van der Waals surface area contributed by atoms with Gasteiger partial charge in [-0.3, -0.25) is 9.59 Å². The van der Waals surface area contributed by atoms with E-state index >= 15 is 0 Å². The van der Waals surface area contributed by atoms with Crippen LogP contribution >= 0.6 is 0 Å². The maximum Gasteiger partial charge on any atom is 0.305 e. The fourth-order valence-corrected chi connectivity index (χ4v) is 11.9. The number of hydrogen-bond acceptors (Lipinski definition) is 5. The second-order valence-electron chi connectivity index (χ2n) is 25.6. The van der Waals surface area contributed by atoms with Crippen molar-refractivity contribution in [2.45, 2.75) is 431 Å². The van der Waals surface area contributed by atoms with E-state index < -0.39 is 12.1 Å². The maximum atomic E-state index is 12.6. The van der Waals surface area contributed by atoms with Crippen molar-refractivity contribution in [3.63, 3.8) is 0 Å². The number of aliphatic hydroxyl groups excluding tert-OH is 2. The highest BCUT2D eigenvalue weighted by atomic mass is 16.5. The Morgan fingerprint density at radius 3 is 0.963 bits per heavy atom. The number of esters is 1. The van der Waals surface area contributed by atoms with Crippen molar-refractivity contribution in [2.75, 3.05) is 13.2 Å². The third-order valence-electron chi connectivity index (χ3n) is 17.5. The van der Waals surface area contributed by atoms with E-state index in [-0.39, 0.29) is 18.5 Å². The van der Waals surface area contributed by atoms with Gasteiger partial charge in [-0.15, -0.1) is 0 Å². The van der Waals surface area contributed by atoms with Crippen LogP contribution in [-0.4, -0.2) is 47.4 Å². The molecule has 3 N–H and O–H groups in total. The Hall–Kier alpha value is -1.66. The van der Waals surface area contributed by atoms with Gasteiger partial charge in [0, 0.05) is 12.8 Å². The number of amides is 1. The lowest BCUT2D eigenvalue weighted by Crippen LogP contribution is -2.45. The standard InChI is InChI=1S/C75H145NO5/c1-3-5-7-9-11-13-15-17-19-21-22-23-29-32-36-39-43-47-51-55-59-63-67-73(78)72(71-77)76-74(79)68-64-60-56-52-48-44-40-37-33-30-27-25-24-26-28-31-34-38-42-46-50-54-58-62-66-70-81-75(80)69-65-61-57-53-49-45-41-35-20-18-16-14-12-10-8-6-4-2/h12,14,18,20,72-73,77-78H,3-11,13,15-17,19,21-71H2,1-2H3,(H,76,79)/b14-12-,20-18-. The summed E-state index contributed by atoms with van der Waals surface area (Å²) in [5.74, 6) is -0.0186. The first-order valence-corrected chi connectivity index (χ1v) is 37.1. The largest absolute Gasteiger partial charge is 0.466 e. The van der Waals surface area contributed by atoms with Gasteiger partial charge < -0.3 is 20.3 Å². The molecule has 0 aromatic rings. The molecule has 0 aromatic heterocycles. The van der Waals surface area contributed by atoms with Gasteiger partial charge >= 0.3 is 5.97 Å². The molecular formula is C75H145NO5. The van der Waals surface area contributed by atoms with E-state index in [0.717, 1.165) is 51.4 Å². The van der Waals surface area contributed by atoms with Crippen molar-refractivity contribution in [1.29, 1.82) is 0 Å². The number of ether oxygens (including phenoxy) is 1. The van der Waals surface area contributed by atoms with E-state index in [1.807, 2.05) is 0 Å². The highest BCUT2D eigenvalue weighted by Gasteiger charge is 2.20. The molecule has 1 amide bonds. The lowest BCUT2D eigenvalue weighted by atomic mass is 10.0. The summed E-state index contributed by atoms with van der Waals surface area (Å²) in [5.41, 5.74) is 0. The monoisotopic (exact) mass is 1140 g/mol. The molecule has 2 unspecified atom stereocenters. The number of allylic oxidation sites excluding steroid dienone is 4. The average Bonchev–Trinajstić information content (AvgIpc) is 3.47. The minimum absolute atomic E-state index is 0.00970. The number of unbranched alkanes of at least 4 members (excludes halogenated alkanes) is 55. The van der Waals surface area contributed by atoms with Crippen LogP contribution in [0.2, 0.25) is 0 Å². The minimum atomic E-state index is -0.664. The Bertz CT molecular complexity index is 1270. The van der Waals surface area contributed by atoms with Gasteiger partial charge in [-0.1, -0.05) is 372 Å². The van der Waals surface area contributed by atoms with Crippen molar-refractivity contribution >= 4 is 11.9 Å². The SMILES string of the molecule is CCCCC/C=C\C/C=C\CCCCCCCCCC(=O)OCCCCCCCCCCCCCCCCCCCCCCCCCCCC(=O)NC(CO)C(O)CCCCCCCCCCCCCCCCCCCCCCCC. The molecule has 6 heteroatoms. The van der Waals surface area contributed by atoms with Crippen LogP contribution in [0.25, 0.3) is 0 Å². The van der Waals surface area contributed by atoms with Crippen molar-refractivity contribution in [1.82, 2.24) is 5.32 Å². The Labute approximate surface area is 507 Å². The minimum Gasteiger partial charge on any atom is -0.466 e. The molecule has 0 rings (SSSR count). The molecule has 0 spiro atoms. The summed E-state index contributed by atoms with van der Waals surface area (Å²) in [6.45, 7) is 4.97. The van der Waals surface area contributed by atoms with Crippen molar-refractivity contribution in [3.05, 3.63) is 24.3 Å². The van der Waals surface area contributed by atoms with Crippen LogP contribution in [0.1, 0.15) is 418 Å². The van der Waals surface area contributed by atoms with E-state index in [4.69, 9.17) is 4.74 Å². The molecular weight excluding hydrogens is 995 g/mol. The van der Waals surface area contributed by atoms with Crippen LogP contribution in [-0.2, 0) is 14.3 Å². The van der Waals surface area contributed by atoms with E-state index in [1.54, 1.807) is 0 Å². The van der Waals surface area contributed by atoms with Gasteiger partial charge in [-0.25, -0.2) is 0 Å². The Morgan fingerprint density at radius 2 is 0.617 bits per heavy atom. The molecule has 0 fully saturated rings. The van der Waals surface area contributed by atoms with E-state index in [2.05, 4.69) is 43.5 Å². The molecule has 0 aromatic carbocycles. The van der Waals surface area contributed by atoms with Gasteiger partial charge in [0.15, 0.2) is 0 Å². The van der Waals surface area contributed by atoms with Crippen LogP contribution in [0, 0.1) is 0 Å². The lowest BCUT2D eigenvalue weighted by molar-refractivity contribution is -0.143. The van der Waals surface area contributed by atoms with Gasteiger partial charge in [-0.05, 0) is 57.8 Å². The summed E-state index contributed by atoms with van der Waals surface area (Å²) in [7, 11) is 0. The summed E-state index contributed by atoms with van der Waals surface area (Å²) in [5, 5.41) is 23.4. The van der Waals surface area contributed by atoms with Gasteiger partial charge in [0.1, 0.15) is 0 Å². The number of hydrogen-bond donors (Lipinski definition) is 3. The molecule has 0 aliphatic carbocycles. The first-order valence-electron chi connectivity index (χ1n) is 37.1. The molecule has 0 saturated carbocycles. The highest BCUT2D eigenvalue weighted by molar-refractivity contribution is 5.76. The third kappa shape index (κ3) is 67.3. The normalized spacial score (nSPS) is 12.6. The van der Waals surface area contributed by atoms with Crippen molar-refractivity contribution < 1.29 is 24.5 Å². The topological polar surface area (TPSA) is 95.9 Å². The molecule has 2 atom stereocenters. The van der Waals surface area contributed by atoms with Crippen LogP contribution < -0.4 is 5.32 Å². The molecule has 0 aliphatic heterocycles. The molecule has 480 valence electrons. The van der Waals surface area contributed by atoms with Crippen LogP contribution in [0.3, 0.4) is 0 Å². The summed E-state index contributed by atoms with van der Waals surface area (Å²) < 4.78 is 5.50. The molecule has 0 bridgehead atoms. The summed E-state index contributed by atoms with van der Waals surface area (Å²) in [6, 6.07) is -0.541. The van der Waals surface area contributed by atoms with E-state index in [1.165, 1.54) is 334 Å². The summed E-state index contributed by atoms with van der Waals surface area (Å²) >= 11 is 0. The third-order valence-corrected chi connectivity index (χ3v) is 17.5. The number of aliphatic hydroxyl groups is 2. The first kappa shape index (κ1) is 79.3. The second-order valence-corrected chi connectivity index (χ2v) is 25.6. The quantitative estimate of drug-likeness (QED) is 0.0320. The van der Waals surface area contributed by atoms with Gasteiger partial charge in [0.05, 0.1) is 25.4 Å². The van der Waals surface area contributed by atoms with Gasteiger partial charge in [0.25, 0.3) is 0 Å². The van der Waals surface area contributed by atoms with Crippen LogP contribution in [0.15, 0.2) is 24.3 Å². The molecule has 0 saturated heterocycles. The zero-order chi connectivity index (χ0) is 58.5. The van der Waals surface area contributed by atoms with Crippen LogP contribution in [0.5, 0.6) is 0 Å². The maximum absolute atomic E-state index is 12.6. The summed E-state index contributed by atoms with van der Waals surface area (Å²) in [4.78, 5) is 24.7. The molecule has 0 heterocycles. The number of carbonyl (C=O) groups excluding carboxylic acids is 2. The fraction of sp³-hybridized carbons (Fsp3) is 0.920. The van der Waals surface area contributed by atoms with Crippen LogP contribution in [0.4, 0.5) is 0 Å². The summed E-state index contributed by atoms with van der Waals surface area (Å²) in [6.07, 6.45) is 89.5. The first-order chi connectivity index (χ1) is 40.0. The predicted molar refractivity (Wildman–Crippen MR) is 356 cm³/mol. The smallest absolute Gasteiger partial charge is 0.305 e. The number of rotatable bonds is 70. The fourth-order valence-electron chi connectivity index (χ4n) is 11.9. The van der Waals surface area contributed by atoms with E-state index in [0.29, 0.717) is 25.9 Å². The zero-order valence-electron chi connectivity index (χ0n) is 55.0. The Kier molecular flexibility index (Phi) is 69.4. The molecule has 0 radical (unpaired) electrons. The molecule has 81 heavy (non-hydrogen) atoms. The van der Waals surface area contributed by atoms with Crippen molar-refractivity contribution in [3.8, 4) is 0 Å². The molecule has 0 aliphatic rings. The Morgan fingerprint density at radius 1 is 0.346 bits per heavy atom. The number of nitrogens with one attached hydrogen (secondary N) is 1. The molecule has 6 nitrogen and oxygen atoms in total. The Balaban J connectivity index is 3.36. The van der Waals surface area contributed by atoms with Gasteiger partial charge in [0.2, 0.25) is 5.91 Å². The second kappa shape index (κ2) is 70.8. The number of carbonyl (C=O) groups is 2. The average molecular weight is 1140 g/mol.